The van der Waals surface area contributed by atoms with Crippen molar-refractivity contribution in [3.8, 4) is 5.75 Å². The van der Waals surface area contributed by atoms with Gasteiger partial charge in [-0.05, 0) is 30.5 Å². The monoisotopic (exact) mass is 220 g/mol. The van der Waals surface area contributed by atoms with Crippen LogP contribution < -0.4 is 10.6 Å². The molecule has 0 aliphatic carbocycles. The predicted octanol–water partition coefficient (Wildman–Crippen LogP) is 0.770. The molecular weight excluding hydrogens is 204 g/mol. The molecule has 1 fully saturated rings. The Morgan fingerprint density at radius 1 is 1.25 bits per heavy atom. The third-order valence-electron chi connectivity index (χ3n) is 2.88. The average molecular weight is 220 g/mol. The van der Waals surface area contributed by atoms with E-state index in [9.17, 15) is 9.90 Å². The molecule has 1 heterocycles. The Hall–Kier alpha value is -1.55. The maximum atomic E-state index is 11.7. The highest BCUT2D eigenvalue weighted by Gasteiger charge is 2.23. The molecule has 0 radical (unpaired) electrons. The highest BCUT2D eigenvalue weighted by Crippen LogP contribution is 2.26. The van der Waals surface area contributed by atoms with Crippen LogP contribution in [0, 0.1) is 13.8 Å². The Morgan fingerprint density at radius 2 is 1.88 bits per heavy atom. The van der Waals surface area contributed by atoms with Crippen molar-refractivity contribution in [2.45, 2.75) is 19.9 Å². The lowest BCUT2D eigenvalue weighted by Gasteiger charge is -2.24. The van der Waals surface area contributed by atoms with Gasteiger partial charge in [-0.2, -0.15) is 0 Å². The third kappa shape index (κ3) is 1.88. The van der Waals surface area contributed by atoms with E-state index in [1.165, 1.54) is 0 Å². The largest absolute Gasteiger partial charge is 0.507 e. The molecular formula is C12H16N2O2. The number of aromatic hydroxyl groups is 1. The zero-order valence-corrected chi connectivity index (χ0v) is 9.50. The molecule has 1 saturated heterocycles. The summed E-state index contributed by atoms with van der Waals surface area (Å²) in [4.78, 5) is 11.7. The number of hydrogen-bond donors (Lipinski definition) is 3. The van der Waals surface area contributed by atoms with Crippen LogP contribution in [0.15, 0.2) is 12.1 Å². The van der Waals surface area contributed by atoms with Crippen LogP contribution in [-0.4, -0.2) is 24.1 Å². The fourth-order valence-electron chi connectivity index (χ4n) is 2.02. The second-order valence-electron chi connectivity index (χ2n) is 4.18. The molecule has 1 atom stereocenters. The number of nitrogens with one attached hydrogen (secondary N) is 2. The molecule has 4 heteroatoms. The van der Waals surface area contributed by atoms with E-state index in [0.29, 0.717) is 12.3 Å². The molecule has 1 unspecified atom stereocenters. The molecule has 1 aliphatic rings. The van der Waals surface area contributed by atoms with Gasteiger partial charge < -0.3 is 15.7 Å². The molecule has 0 aromatic heterocycles. The van der Waals surface area contributed by atoms with Gasteiger partial charge in [0.2, 0.25) is 5.91 Å². The highest BCUT2D eigenvalue weighted by atomic mass is 16.3. The van der Waals surface area contributed by atoms with Crippen molar-refractivity contribution in [3.63, 3.8) is 0 Å². The topological polar surface area (TPSA) is 61.4 Å². The number of hydrogen-bond acceptors (Lipinski definition) is 3. The minimum Gasteiger partial charge on any atom is -0.507 e. The summed E-state index contributed by atoms with van der Waals surface area (Å²) >= 11 is 0. The lowest BCUT2D eigenvalue weighted by atomic mass is 9.99. The standard InChI is InChI=1S/C12H16N2O2/c1-7-5-9(6-8(2)11(7)15)10-12(16)14-4-3-13-10/h5-6,10,13,15H,3-4H2,1-2H3,(H,14,16). The third-order valence-corrected chi connectivity index (χ3v) is 2.88. The van der Waals surface area contributed by atoms with Crippen LogP contribution in [-0.2, 0) is 4.79 Å². The molecule has 1 aromatic rings. The maximum absolute atomic E-state index is 11.7. The number of amides is 1. The Bertz CT molecular complexity index is 406. The minimum absolute atomic E-state index is 0.00394. The summed E-state index contributed by atoms with van der Waals surface area (Å²) in [5.41, 5.74) is 2.51. The Morgan fingerprint density at radius 3 is 2.44 bits per heavy atom. The second-order valence-corrected chi connectivity index (χ2v) is 4.18. The van der Waals surface area contributed by atoms with E-state index in [0.717, 1.165) is 23.2 Å². The zero-order valence-electron chi connectivity index (χ0n) is 9.50. The highest BCUT2D eigenvalue weighted by molar-refractivity contribution is 5.84. The molecule has 3 N–H and O–H groups in total. The van der Waals surface area contributed by atoms with Crippen LogP contribution in [0.1, 0.15) is 22.7 Å². The lowest BCUT2D eigenvalue weighted by molar-refractivity contribution is -0.124. The Balaban J connectivity index is 2.36. The quantitative estimate of drug-likeness (QED) is 0.655. The lowest BCUT2D eigenvalue weighted by Crippen LogP contribution is -2.47. The van der Waals surface area contributed by atoms with E-state index < -0.39 is 0 Å². The first-order chi connectivity index (χ1) is 7.59. The van der Waals surface area contributed by atoms with Crippen molar-refractivity contribution in [2.75, 3.05) is 13.1 Å². The molecule has 0 bridgehead atoms. The van der Waals surface area contributed by atoms with Crippen molar-refractivity contribution in [1.29, 1.82) is 0 Å². The van der Waals surface area contributed by atoms with Gasteiger partial charge in [-0.3, -0.25) is 4.79 Å². The van der Waals surface area contributed by atoms with Gasteiger partial charge in [0.25, 0.3) is 0 Å². The van der Waals surface area contributed by atoms with Crippen molar-refractivity contribution in [1.82, 2.24) is 10.6 Å². The number of piperazine rings is 1. The molecule has 16 heavy (non-hydrogen) atoms. The molecule has 1 aliphatic heterocycles. The van der Waals surface area contributed by atoms with E-state index in [4.69, 9.17) is 0 Å². The maximum Gasteiger partial charge on any atom is 0.241 e. The van der Waals surface area contributed by atoms with Crippen LogP contribution in [0.2, 0.25) is 0 Å². The van der Waals surface area contributed by atoms with E-state index in [-0.39, 0.29) is 11.9 Å². The van der Waals surface area contributed by atoms with Gasteiger partial charge in [0.05, 0.1) is 0 Å². The summed E-state index contributed by atoms with van der Waals surface area (Å²) in [6.07, 6.45) is 0. The second kappa shape index (κ2) is 4.14. The summed E-state index contributed by atoms with van der Waals surface area (Å²) in [6, 6.07) is 3.40. The summed E-state index contributed by atoms with van der Waals surface area (Å²) in [5.74, 6) is 0.302. The van der Waals surface area contributed by atoms with Crippen LogP contribution in [0.4, 0.5) is 0 Å². The van der Waals surface area contributed by atoms with Gasteiger partial charge in [0.15, 0.2) is 0 Å². The van der Waals surface area contributed by atoms with Gasteiger partial charge in [0, 0.05) is 13.1 Å². The zero-order chi connectivity index (χ0) is 11.7. The van der Waals surface area contributed by atoms with Gasteiger partial charge in [-0.25, -0.2) is 0 Å². The van der Waals surface area contributed by atoms with Crippen LogP contribution in [0.5, 0.6) is 5.75 Å². The van der Waals surface area contributed by atoms with Crippen molar-refractivity contribution >= 4 is 5.91 Å². The number of rotatable bonds is 1. The van der Waals surface area contributed by atoms with Crippen molar-refractivity contribution in [2.24, 2.45) is 0 Å². The molecule has 1 amide bonds. The molecule has 1 aromatic carbocycles. The summed E-state index contributed by atoms with van der Waals surface area (Å²) in [6.45, 7) is 5.12. The fourth-order valence-corrected chi connectivity index (χ4v) is 2.02. The van der Waals surface area contributed by atoms with Gasteiger partial charge in [0.1, 0.15) is 11.8 Å². The summed E-state index contributed by atoms with van der Waals surface area (Å²) < 4.78 is 0. The van der Waals surface area contributed by atoms with E-state index >= 15 is 0 Å². The molecule has 4 nitrogen and oxygen atoms in total. The van der Waals surface area contributed by atoms with E-state index in [1.807, 2.05) is 26.0 Å². The van der Waals surface area contributed by atoms with Crippen molar-refractivity contribution in [3.05, 3.63) is 28.8 Å². The summed E-state index contributed by atoms with van der Waals surface area (Å²) in [5, 5.41) is 15.7. The first kappa shape index (κ1) is 11.0. The van der Waals surface area contributed by atoms with Crippen molar-refractivity contribution < 1.29 is 9.90 Å². The summed E-state index contributed by atoms with van der Waals surface area (Å²) in [7, 11) is 0. The number of carbonyl (C=O) groups excluding carboxylic acids is 1. The van der Waals surface area contributed by atoms with Crippen LogP contribution >= 0.6 is 0 Å². The molecule has 86 valence electrons. The van der Waals surface area contributed by atoms with Crippen LogP contribution in [0.25, 0.3) is 0 Å². The average Bonchev–Trinajstić information content (AvgIpc) is 2.26. The fraction of sp³-hybridized carbons (Fsp3) is 0.417. The first-order valence-electron chi connectivity index (χ1n) is 5.41. The predicted molar refractivity (Wildman–Crippen MR) is 61.3 cm³/mol. The number of benzene rings is 1. The smallest absolute Gasteiger partial charge is 0.241 e. The molecule has 0 spiro atoms. The minimum atomic E-state index is -0.299. The number of phenols is 1. The first-order valence-corrected chi connectivity index (χ1v) is 5.41. The number of aryl methyl sites for hydroxylation is 2. The molecule has 0 saturated carbocycles. The van der Waals surface area contributed by atoms with E-state index in [2.05, 4.69) is 10.6 Å². The van der Waals surface area contributed by atoms with Gasteiger partial charge in [-0.1, -0.05) is 12.1 Å². The SMILES string of the molecule is Cc1cc(C2NCCNC2=O)cc(C)c1O. The van der Waals surface area contributed by atoms with Gasteiger partial charge >= 0.3 is 0 Å². The Kier molecular flexibility index (Phi) is 2.83. The van der Waals surface area contributed by atoms with E-state index in [1.54, 1.807) is 0 Å². The van der Waals surface area contributed by atoms with Crippen LogP contribution in [0.3, 0.4) is 0 Å². The van der Waals surface area contributed by atoms with Gasteiger partial charge in [-0.15, -0.1) is 0 Å². The number of phenolic OH excluding ortho intramolecular Hbond substituents is 1. The number of carbonyl (C=O) groups is 1. The Labute approximate surface area is 94.7 Å². The molecule has 2 rings (SSSR count). The normalized spacial score (nSPS) is 20.6.